The van der Waals surface area contributed by atoms with Crippen LogP contribution in [0.25, 0.3) is 0 Å². The number of hydrogen-bond donors (Lipinski definition) is 0. The minimum atomic E-state index is -4.61. The average molecular weight is 439 g/mol. The SMILES string of the molecule is COc1ccc(S(=O)(=O)S(=O)(=O)c2ccc(OC3(C)CC3CC(C)C)cc2)cc1. The van der Waals surface area contributed by atoms with Crippen molar-refractivity contribution in [1.29, 1.82) is 0 Å². The van der Waals surface area contributed by atoms with Gasteiger partial charge in [0, 0.05) is 5.92 Å². The molecular formula is C21H26O6S2. The first-order chi connectivity index (χ1) is 13.5. The number of benzene rings is 2. The van der Waals surface area contributed by atoms with Gasteiger partial charge in [0.15, 0.2) is 0 Å². The molecule has 0 aromatic heterocycles. The Balaban J connectivity index is 1.79. The third-order valence-electron chi connectivity index (χ3n) is 5.21. The van der Waals surface area contributed by atoms with Crippen molar-refractivity contribution < 1.29 is 26.3 Å². The summed E-state index contributed by atoms with van der Waals surface area (Å²) in [6.45, 7) is 6.38. The minimum Gasteiger partial charge on any atom is -0.497 e. The third kappa shape index (κ3) is 4.28. The second-order valence-corrected chi connectivity index (χ2v) is 13.4. The summed E-state index contributed by atoms with van der Waals surface area (Å²) in [6, 6.07) is 10.8. The van der Waals surface area contributed by atoms with E-state index in [2.05, 4.69) is 13.8 Å². The Kier molecular flexibility index (Phi) is 5.71. The van der Waals surface area contributed by atoms with Crippen LogP contribution in [-0.4, -0.2) is 29.5 Å². The molecule has 3 rings (SSSR count). The number of rotatable bonds is 8. The molecule has 0 heterocycles. The van der Waals surface area contributed by atoms with Gasteiger partial charge in [-0.25, -0.2) is 16.8 Å². The largest absolute Gasteiger partial charge is 0.497 e. The molecule has 1 aliphatic rings. The van der Waals surface area contributed by atoms with E-state index >= 15 is 0 Å². The van der Waals surface area contributed by atoms with Crippen molar-refractivity contribution in [3.8, 4) is 11.5 Å². The Hall–Kier alpha value is -2.06. The zero-order valence-corrected chi connectivity index (χ0v) is 18.6. The van der Waals surface area contributed by atoms with Crippen LogP contribution in [0.1, 0.15) is 33.6 Å². The third-order valence-corrected chi connectivity index (χ3v) is 10.4. The molecule has 0 spiro atoms. The molecule has 0 aliphatic heterocycles. The zero-order valence-electron chi connectivity index (χ0n) is 17.0. The Morgan fingerprint density at radius 3 is 1.76 bits per heavy atom. The van der Waals surface area contributed by atoms with Crippen LogP contribution in [0, 0.1) is 11.8 Å². The highest BCUT2D eigenvalue weighted by Gasteiger charge is 2.52. The first-order valence-electron chi connectivity index (χ1n) is 9.43. The van der Waals surface area contributed by atoms with E-state index in [-0.39, 0.29) is 15.4 Å². The van der Waals surface area contributed by atoms with Crippen molar-refractivity contribution in [2.24, 2.45) is 11.8 Å². The van der Waals surface area contributed by atoms with E-state index in [1.54, 1.807) is 0 Å². The topological polar surface area (TPSA) is 86.7 Å². The van der Waals surface area contributed by atoms with Crippen LogP contribution in [0.4, 0.5) is 0 Å². The molecule has 2 unspecified atom stereocenters. The Morgan fingerprint density at radius 2 is 1.34 bits per heavy atom. The van der Waals surface area contributed by atoms with Crippen molar-refractivity contribution in [2.75, 3.05) is 7.11 Å². The lowest BCUT2D eigenvalue weighted by Crippen LogP contribution is -2.18. The molecule has 0 amide bonds. The van der Waals surface area contributed by atoms with Gasteiger partial charge in [0.2, 0.25) is 0 Å². The first-order valence-corrected chi connectivity index (χ1v) is 12.9. The lowest BCUT2D eigenvalue weighted by atomic mass is 10.1. The molecular weight excluding hydrogens is 412 g/mol. The van der Waals surface area contributed by atoms with Crippen molar-refractivity contribution in [2.45, 2.75) is 49.0 Å². The molecule has 1 aliphatic carbocycles. The van der Waals surface area contributed by atoms with Crippen molar-refractivity contribution in [1.82, 2.24) is 0 Å². The van der Waals surface area contributed by atoms with Crippen LogP contribution < -0.4 is 9.47 Å². The van der Waals surface area contributed by atoms with Gasteiger partial charge in [-0.1, -0.05) is 13.8 Å². The Labute approximate surface area is 172 Å². The van der Waals surface area contributed by atoms with E-state index in [0.29, 0.717) is 23.3 Å². The number of methoxy groups -OCH3 is 1. The molecule has 1 saturated carbocycles. The Morgan fingerprint density at radius 1 is 0.897 bits per heavy atom. The van der Waals surface area contributed by atoms with E-state index in [1.807, 2.05) is 6.92 Å². The standard InChI is InChI=1S/C21H26O6S2/c1-15(2)13-16-14-21(16,3)27-18-7-11-20(12-8-18)29(24,25)28(22,23)19-9-5-17(26-4)6-10-19/h5-12,15-16H,13-14H2,1-4H3. The maximum Gasteiger partial charge on any atom is 0.286 e. The highest BCUT2D eigenvalue weighted by Crippen LogP contribution is 2.50. The minimum absolute atomic E-state index is 0.250. The predicted molar refractivity (Wildman–Crippen MR) is 110 cm³/mol. The maximum absolute atomic E-state index is 12.7. The molecule has 0 saturated heterocycles. The fraction of sp³-hybridized carbons (Fsp3) is 0.429. The maximum atomic E-state index is 12.7. The quantitative estimate of drug-likeness (QED) is 0.578. The van der Waals surface area contributed by atoms with Crippen LogP contribution in [0.2, 0.25) is 0 Å². The highest BCUT2D eigenvalue weighted by molar-refractivity contribution is 8.67. The molecule has 6 nitrogen and oxygen atoms in total. The van der Waals surface area contributed by atoms with E-state index < -0.39 is 17.7 Å². The summed E-state index contributed by atoms with van der Waals surface area (Å²) in [5.41, 5.74) is -0.250. The molecule has 2 aromatic rings. The zero-order chi connectivity index (χ0) is 21.4. The van der Waals surface area contributed by atoms with Crippen molar-refractivity contribution >= 4 is 17.7 Å². The van der Waals surface area contributed by atoms with Gasteiger partial charge >= 0.3 is 0 Å². The van der Waals surface area contributed by atoms with Gasteiger partial charge in [0.25, 0.3) is 17.7 Å². The van der Waals surface area contributed by atoms with Crippen LogP contribution >= 0.6 is 0 Å². The molecule has 29 heavy (non-hydrogen) atoms. The fourth-order valence-corrected chi connectivity index (χ4v) is 7.03. The van der Waals surface area contributed by atoms with Gasteiger partial charge in [0.1, 0.15) is 17.1 Å². The molecule has 158 valence electrons. The predicted octanol–water partition coefficient (Wildman–Crippen LogP) is 4.06. The van der Waals surface area contributed by atoms with Crippen molar-refractivity contribution in [3.05, 3.63) is 48.5 Å². The van der Waals surface area contributed by atoms with Crippen LogP contribution in [0.3, 0.4) is 0 Å². The van der Waals surface area contributed by atoms with E-state index in [0.717, 1.165) is 12.8 Å². The molecule has 1 fully saturated rings. The molecule has 0 bridgehead atoms. The number of hydrogen-bond acceptors (Lipinski definition) is 6. The summed E-state index contributed by atoms with van der Waals surface area (Å²) in [4.78, 5) is -0.596. The summed E-state index contributed by atoms with van der Waals surface area (Å²) in [5, 5.41) is 0. The van der Waals surface area contributed by atoms with Crippen LogP contribution in [-0.2, 0) is 17.7 Å². The van der Waals surface area contributed by atoms with Gasteiger partial charge in [-0.05, 0) is 74.2 Å². The lowest BCUT2D eigenvalue weighted by Gasteiger charge is -2.16. The van der Waals surface area contributed by atoms with Gasteiger partial charge in [0.05, 0.1) is 16.9 Å². The smallest absolute Gasteiger partial charge is 0.286 e. The Bertz CT molecular complexity index is 1070. The second kappa shape index (κ2) is 7.65. The van der Waals surface area contributed by atoms with Crippen LogP contribution in [0.5, 0.6) is 11.5 Å². The lowest BCUT2D eigenvalue weighted by molar-refractivity contribution is 0.174. The van der Waals surface area contributed by atoms with E-state index in [4.69, 9.17) is 9.47 Å². The first kappa shape index (κ1) is 21.6. The summed E-state index contributed by atoms with van der Waals surface area (Å²) in [7, 11) is -7.76. The summed E-state index contributed by atoms with van der Waals surface area (Å²) in [6.07, 6.45) is 2.03. The molecule has 2 aromatic carbocycles. The molecule has 2 atom stereocenters. The molecule has 0 radical (unpaired) electrons. The van der Waals surface area contributed by atoms with Gasteiger partial charge in [-0.2, -0.15) is 0 Å². The van der Waals surface area contributed by atoms with Crippen molar-refractivity contribution in [3.63, 3.8) is 0 Å². The van der Waals surface area contributed by atoms with E-state index in [1.165, 1.54) is 55.6 Å². The second-order valence-electron chi connectivity index (χ2n) is 8.00. The van der Waals surface area contributed by atoms with Gasteiger partial charge < -0.3 is 9.47 Å². The average Bonchev–Trinajstić information content (AvgIpc) is 3.29. The monoisotopic (exact) mass is 438 g/mol. The molecule has 8 heteroatoms. The van der Waals surface area contributed by atoms with Gasteiger partial charge in [-0.3, -0.25) is 0 Å². The fourth-order valence-electron chi connectivity index (χ4n) is 3.40. The van der Waals surface area contributed by atoms with E-state index in [9.17, 15) is 16.8 Å². The van der Waals surface area contributed by atoms with Gasteiger partial charge in [-0.15, -0.1) is 0 Å². The number of ether oxygens (including phenoxy) is 2. The summed E-state index contributed by atoms with van der Waals surface area (Å²) >= 11 is 0. The summed E-state index contributed by atoms with van der Waals surface area (Å²) < 4.78 is 61.8. The van der Waals surface area contributed by atoms with Crippen LogP contribution in [0.15, 0.2) is 58.3 Å². The molecule has 0 N–H and O–H groups in total. The highest BCUT2D eigenvalue weighted by atomic mass is 33.2. The summed E-state index contributed by atoms with van der Waals surface area (Å²) in [5.74, 6) is 2.02. The normalized spacial score (nSPS) is 21.8.